The van der Waals surface area contributed by atoms with Gasteiger partial charge in [-0.1, -0.05) is 36.4 Å². The zero-order valence-electron chi connectivity index (χ0n) is 15.9. The molecule has 2 aromatic rings. The first-order valence-electron chi connectivity index (χ1n) is 8.39. The van der Waals surface area contributed by atoms with E-state index in [2.05, 4.69) is 0 Å². The molecular weight excluding hydrogens is 348 g/mol. The highest BCUT2D eigenvalue weighted by Crippen LogP contribution is 2.39. The van der Waals surface area contributed by atoms with Crippen LogP contribution in [0.5, 0.6) is 17.2 Å². The second-order valence-electron chi connectivity index (χ2n) is 5.55. The van der Waals surface area contributed by atoms with E-state index in [1.165, 1.54) is 20.3 Å². The van der Waals surface area contributed by atoms with E-state index in [1.54, 1.807) is 44.4 Å². The van der Waals surface area contributed by atoms with Crippen LogP contribution in [0.2, 0.25) is 0 Å². The average molecular weight is 372 g/mol. The Bertz CT molecular complexity index is 744. The third-order valence-electron chi connectivity index (χ3n) is 3.81. The van der Waals surface area contributed by atoms with Crippen molar-refractivity contribution in [2.24, 2.45) is 0 Å². The standard InChI is InChI=1S/C21H24O6/c1-15(23-2)26-14-27-21-19(24-3)12-16(13-20(21)25-4)10-11-18(22)17-8-6-5-7-9-17/h5-13,15H,14H2,1-4H3. The molecular formula is C21H24O6. The summed E-state index contributed by atoms with van der Waals surface area (Å²) in [5.41, 5.74) is 1.36. The first-order chi connectivity index (χ1) is 13.1. The number of carbonyl (C=O) groups is 1. The first kappa shape index (κ1) is 20.5. The number of hydrogen-bond acceptors (Lipinski definition) is 6. The van der Waals surface area contributed by atoms with Crippen LogP contribution in [-0.2, 0) is 9.47 Å². The van der Waals surface area contributed by atoms with Gasteiger partial charge in [-0.05, 0) is 30.7 Å². The molecule has 0 saturated heterocycles. The van der Waals surface area contributed by atoms with Crippen molar-refractivity contribution < 1.29 is 28.5 Å². The van der Waals surface area contributed by atoms with E-state index in [0.717, 1.165) is 5.56 Å². The molecule has 0 aliphatic heterocycles. The van der Waals surface area contributed by atoms with Gasteiger partial charge in [-0.2, -0.15) is 0 Å². The van der Waals surface area contributed by atoms with Gasteiger partial charge in [0, 0.05) is 12.7 Å². The average Bonchev–Trinajstić information content (AvgIpc) is 2.72. The van der Waals surface area contributed by atoms with Crippen LogP contribution in [0.25, 0.3) is 6.08 Å². The zero-order chi connectivity index (χ0) is 19.6. The van der Waals surface area contributed by atoms with Crippen molar-refractivity contribution in [1.29, 1.82) is 0 Å². The number of hydrogen-bond donors (Lipinski definition) is 0. The van der Waals surface area contributed by atoms with Gasteiger partial charge in [0.2, 0.25) is 5.75 Å². The minimum absolute atomic E-state index is 0.0244. The second-order valence-corrected chi connectivity index (χ2v) is 5.55. The summed E-state index contributed by atoms with van der Waals surface area (Å²) in [6.45, 7) is 1.73. The summed E-state index contributed by atoms with van der Waals surface area (Å²) in [5.74, 6) is 1.26. The molecule has 0 radical (unpaired) electrons. The minimum atomic E-state index is -0.395. The van der Waals surface area contributed by atoms with Crippen LogP contribution < -0.4 is 14.2 Å². The fraction of sp³-hybridized carbons (Fsp3) is 0.286. The van der Waals surface area contributed by atoms with Crippen molar-refractivity contribution in [3.05, 3.63) is 59.7 Å². The molecule has 0 aliphatic rings. The maximum Gasteiger partial charge on any atom is 0.206 e. The molecule has 2 aromatic carbocycles. The lowest BCUT2D eigenvalue weighted by molar-refractivity contribution is -0.150. The lowest BCUT2D eigenvalue weighted by Gasteiger charge is -2.17. The van der Waals surface area contributed by atoms with Crippen molar-refractivity contribution in [2.75, 3.05) is 28.1 Å². The Hall–Kier alpha value is -2.83. The van der Waals surface area contributed by atoms with Crippen LogP contribution in [0.3, 0.4) is 0 Å². The first-order valence-corrected chi connectivity index (χ1v) is 8.39. The number of ketones is 1. The van der Waals surface area contributed by atoms with Crippen molar-refractivity contribution in [1.82, 2.24) is 0 Å². The zero-order valence-corrected chi connectivity index (χ0v) is 15.9. The van der Waals surface area contributed by atoms with Gasteiger partial charge >= 0.3 is 0 Å². The Kier molecular flexibility index (Phi) is 7.85. The fourth-order valence-corrected chi connectivity index (χ4v) is 2.27. The topological polar surface area (TPSA) is 63.2 Å². The summed E-state index contributed by atoms with van der Waals surface area (Å²) in [6.07, 6.45) is 2.81. The van der Waals surface area contributed by atoms with Crippen molar-refractivity contribution >= 4 is 11.9 Å². The van der Waals surface area contributed by atoms with E-state index < -0.39 is 6.29 Å². The van der Waals surface area contributed by atoms with Crippen molar-refractivity contribution in [3.8, 4) is 17.2 Å². The molecule has 27 heavy (non-hydrogen) atoms. The molecule has 6 heteroatoms. The molecule has 0 saturated carbocycles. The molecule has 2 rings (SSSR count). The molecule has 0 heterocycles. The highest BCUT2D eigenvalue weighted by molar-refractivity contribution is 6.06. The summed E-state index contributed by atoms with van der Waals surface area (Å²) in [7, 11) is 4.61. The van der Waals surface area contributed by atoms with Gasteiger partial charge < -0.3 is 23.7 Å². The molecule has 0 bridgehead atoms. The summed E-state index contributed by atoms with van der Waals surface area (Å²) < 4.78 is 26.8. The van der Waals surface area contributed by atoms with Crippen molar-refractivity contribution in [2.45, 2.75) is 13.2 Å². The van der Waals surface area contributed by atoms with Gasteiger partial charge in [-0.3, -0.25) is 4.79 Å². The maximum absolute atomic E-state index is 12.2. The predicted molar refractivity (Wildman–Crippen MR) is 102 cm³/mol. The maximum atomic E-state index is 12.2. The van der Waals surface area contributed by atoms with Crippen LogP contribution in [0.1, 0.15) is 22.8 Å². The van der Waals surface area contributed by atoms with Crippen LogP contribution in [-0.4, -0.2) is 40.2 Å². The van der Waals surface area contributed by atoms with E-state index in [1.807, 2.05) is 18.2 Å². The van der Waals surface area contributed by atoms with Crippen molar-refractivity contribution in [3.63, 3.8) is 0 Å². The molecule has 0 N–H and O–H groups in total. The van der Waals surface area contributed by atoms with Crippen LogP contribution in [0, 0.1) is 0 Å². The summed E-state index contributed by atoms with van der Waals surface area (Å²) >= 11 is 0. The summed E-state index contributed by atoms with van der Waals surface area (Å²) in [4.78, 5) is 12.2. The monoisotopic (exact) mass is 372 g/mol. The van der Waals surface area contributed by atoms with Gasteiger partial charge in [0.25, 0.3) is 0 Å². The lowest BCUT2D eigenvalue weighted by atomic mass is 10.1. The minimum Gasteiger partial charge on any atom is -0.493 e. The predicted octanol–water partition coefficient (Wildman–Crippen LogP) is 3.95. The van der Waals surface area contributed by atoms with E-state index in [4.69, 9.17) is 23.7 Å². The number of rotatable bonds is 10. The fourth-order valence-electron chi connectivity index (χ4n) is 2.27. The van der Waals surface area contributed by atoms with Gasteiger partial charge in [0.1, 0.15) is 0 Å². The molecule has 1 atom stereocenters. The number of ether oxygens (including phenoxy) is 5. The molecule has 6 nitrogen and oxygen atoms in total. The van der Waals surface area contributed by atoms with E-state index in [-0.39, 0.29) is 12.6 Å². The SMILES string of the molecule is COc1cc(C=CC(=O)c2ccccc2)cc(OC)c1OCOC(C)OC. The number of allylic oxidation sites excluding steroid dienone is 1. The Labute approximate surface area is 159 Å². The van der Waals surface area contributed by atoms with Gasteiger partial charge in [0.15, 0.2) is 30.4 Å². The molecule has 0 aromatic heterocycles. The van der Waals surface area contributed by atoms with Crippen LogP contribution in [0.15, 0.2) is 48.5 Å². The number of benzene rings is 2. The summed E-state index contributed by atoms with van der Waals surface area (Å²) in [5, 5.41) is 0. The Morgan fingerprint density at radius 1 is 1.04 bits per heavy atom. The summed E-state index contributed by atoms with van der Waals surface area (Å²) in [6, 6.07) is 12.6. The molecule has 0 spiro atoms. The van der Waals surface area contributed by atoms with Crippen LogP contribution in [0.4, 0.5) is 0 Å². The van der Waals surface area contributed by atoms with E-state index >= 15 is 0 Å². The molecule has 144 valence electrons. The highest BCUT2D eigenvalue weighted by atomic mass is 16.7. The van der Waals surface area contributed by atoms with Gasteiger partial charge in [-0.15, -0.1) is 0 Å². The Morgan fingerprint density at radius 3 is 2.22 bits per heavy atom. The smallest absolute Gasteiger partial charge is 0.206 e. The van der Waals surface area contributed by atoms with E-state index in [9.17, 15) is 4.79 Å². The Morgan fingerprint density at radius 2 is 1.67 bits per heavy atom. The molecule has 1 unspecified atom stereocenters. The molecule has 0 aliphatic carbocycles. The molecule has 0 fully saturated rings. The normalized spacial score (nSPS) is 12.0. The second kappa shape index (κ2) is 10.4. The van der Waals surface area contributed by atoms with Gasteiger partial charge in [0.05, 0.1) is 14.2 Å². The lowest BCUT2D eigenvalue weighted by Crippen LogP contribution is -2.15. The third kappa shape index (κ3) is 5.84. The quantitative estimate of drug-likeness (QED) is 0.358. The highest BCUT2D eigenvalue weighted by Gasteiger charge is 2.14. The van der Waals surface area contributed by atoms with E-state index in [0.29, 0.717) is 22.8 Å². The number of carbonyl (C=O) groups excluding carboxylic acids is 1. The third-order valence-corrected chi connectivity index (χ3v) is 3.81. The molecule has 0 amide bonds. The number of methoxy groups -OCH3 is 3. The largest absolute Gasteiger partial charge is 0.493 e. The van der Waals surface area contributed by atoms with Crippen LogP contribution >= 0.6 is 0 Å². The Balaban J connectivity index is 2.18. The van der Waals surface area contributed by atoms with Gasteiger partial charge in [-0.25, -0.2) is 0 Å².